The average molecular weight is 267 g/mol. The van der Waals surface area contributed by atoms with Gasteiger partial charge in [0.15, 0.2) is 0 Å². The van der Waals surface area contributed by atoms with E-state index in [0.29, 0.717) is 12.0 Å². The molecule has 2 N–H and O–H groups in total. The first-order valence-corrected chi connectivity index (χ1v) is 7.67. The molecule has 3 rings (SSSR count). The zero-order chi connectivity index (χ0) is 13.1. The van der Waals surface area contributed by atoms with Crippen LogP contribution in [0.3, 0.4) is 0 Å². The number of carbonyl (C=O) groups is 1. The second kappa shape index (κ2) is 6.09. The van der Waals surface area contributed by atoms with Gasteiger partial charge < -0.3 is 20.3 Å². The molecule has 3 heterocycles. The average Bonchev–Trinajstić information content (AvgIpc) is 3.07. The fourth-order valence-corrected chi connectivity index (χ4v) is 3.49. The van der Waals surface area contributed by atoms with Gasteiger partial charge in [-0.2, -0.15) is 0 Å². The maximum Gasteiger partial charge on any atom is 0.317 e. The molecule has 3 fully saturated rings. The summed E-state index contributed by atoms with van der Waals surface area (Å²) < 4.78 is 5.39. The predicted molar refractivity (Wildman–Crippen MR) is 73.0 cm³/mol. The van der Waals surface area contributed by atoms with E-state index in [1.807, 2.05) is 4.90 Å². The number of carbonyl (C=O) groups excluding carboxylic acids is 1. The van der Waals surface area contributed by atoms with Crippen molar-refractivity contribution in [3.05, 3.63) is 0 Å². The van der Waals surface area contributed by atoms with Gasteiger partial charge in [-0.15, -0.1) is 0 Å². The minimum Gasteiger partial charge on any atom is -0.381 e. The molecule has 0 aromatic heterocycles. The van der Waals surface area contributed by atoms with Gasteiger partial charge in [-0.25, -0.2) is 4.79 Å². The van der Waals surface area contributed by atoms with Crippen molar-refractivity contribution in [3.8, 4) is 0 Å². The van der Waals surface area contributed by atoms with Gasteiger partial charge in [0.25, 0.3) is 0 Å². The minimum absolute atomic E-state index is 0.141. The van der Waals surface area contributed by atoms with E-state index in [-0.39, 0.29) is 6.03 Å². The number of nitrogens with zero attached hydrogens (tertiary/aromatic N) is 1. The van der Waals surface area contributed by atoms with Crippen LogP contribution < -0.4 is 10.6 Å². The number of rotatable bonds is 4. The summed E-state index contributed by atoms with van der Waals surface area (Å²) in [7, 11) is 0. The van der Waals surface area contributed by atoms with E-state index in [4.69, 9.17) is 4.74 Å². The van der Waals surface area contributed by atoms with Crippen LogP contribution in [-0.4, -0.2) is 56.4 Å². The number of urea groups is 1. The van der Waals surface area contributed by atoms with E-state index < -0.39 is 0 Å². The van der Waals surface area contributed by atoms with Crippen molar-refractivity contribution in [1.82, 2.24) is 15.5 Å². The van der Waals surface area contributed by atoms with Gasteiger partial charge in [0.1, 0.15) is 0 Å². The SMILES string of the molecule is O=C1NC(C2CCOCC2)CN1CCC1CCNC1. The molecule has 0 aromatic carbocycles. The Labute approximate surface area is 115 Å². The van der Waals surface area contributed by atoms with Crippen molar-refractivity contribution in [2.45, 2.75) is 31.7 Å². The highest BCUT2D eigenvalue weighted by Gasteiger charge is 2.34. The smallest absolute Gasteiger partial charge is 0.317 e. The molecule has 0 saturated carbocycles. The first kappa shape index (κ1) is 13.2. The minimum atomic E-state index is 0.141. The molecule has 0 spiro atoms. The van der Waals surface area contributed by atoms with E-state index in [1.54, 1.807) is 0 Å². The topological polar surface area (TPSA) is 53.6 Å². The van der Waals surface area contributed by atoms with E-state index in [0.717, 1.165) is 64.6 Å². The maximum absolute atomic E-state index is 12.0. The highest BCUT2D eigenvalue weighted by Crippen LogP contribution is 2.23. The van der Waals surface area contributed by atoms with Crippen molar-refractivity contribution in [3.63, 3.8) is 0 Å². The molecule has 0 aliphatic carbocycles. The molecule has 0 aromatic rings. The van der Waals surface area contributed by atoms with Crippen LogP contribution in [0.2, 0.25) is 0 Å². The molecule has 3 aliphatic rings. The number of nitrogens with one attached hydrogen (secondary N) is 2. The predicted octanol–water partition coefficient (Wildman–Crippen LogP) is 0.806. The third-order valence-electron chi connectivity index (χ3n) is 4.82. The van der Waals surface area contributed by atoms with Crippen LogP contribution in [0, 0.1) is 11.8 Å². The zero-order valence-electron chi connectivity index (χ0n) is 11.6. The lowest BCUT2D eigenvalue weighted by Crippen LogP contribution is -2.37. The van der Waals surface area contributed by atoms with Crippen LogP contribution in [0.15, 0.2) is 0 Å². The van der Waals surface area contributed by atoms with Gasteiger partial charge in [-0.05, 0) is 50.6 Å². The van der Waals surface area contributed by atoms with Crippen LogP contribution >= 0.6 is 0 Å². The van der Waals surface area contributed by atoms with Crippen LogP contribution in [-0.2, 0) is 4.74 Å². The molecule has 2 amide bonds. The lowest BCUT2D eigenvalue weighted by Gasteiger charge is -2.27. The molecular formula is C14H25N3O2. The van der Waals surface area contributed by atoms with Gasteiger partial charge in [-0.3, -0.25) is 0 Å². The summed E-state index contributed by atoms with van der Waals surface area (Å²) in [6.07, 6.45) is 4.58. The number of ether oxygens (including phenoxy) is 1. The normalized spacial score (nSPS) is 32.8. The number of hydrogen-bond acceptors (Lipinski definition) is 3. The molecule has 0 radical (unpaired) electrons. The van der Waals surface area contributed by atoms with Crippen molar-refractivity contribution in [2.24, 2.45) is 11.8 Å². The van der Waals surface area contributed by atoms with Crippen LogP contribution in [0.1, 0.15) is 25.7 Å². The monoisotopic (exact) mass is 267 g/mol. The largest absolute Gasteiger partial charge is 0.381 e. The Morgan fingerprint density at radius 2 is 2.11 bits per heavy atom. The van der Waals surface area contributed by atoms with Gasteiger partial charge in [0, 0.05) is 26.3 Å². The second-order valence-electron chi connectivity index (χ2n) is 6.10. The highest BCUT2D eigenvalue weighted by molar-refractivity contribution is 5.76. The first-order chi connectivity index (χ1) is 9.33. The van der Waals surface area contributed by atoms with E-state index in [9.17, 15) is 4.79 Å². The van der Waals surface area contributed by atoms with Crippen molar-refractivity contribution in [1.29, 1.82) is 0 Å². The van der Waals surface area contributed by atoms with Gasteiger partial charge in [0.05, 0.1) is 6.04 Å². The van der Waals surface area contributed by atoms with E-state index in [2.05, 4.69) is 10.6 Å². The lowest BCUT2D eigenvalue weighted by molar-refractivity contribution is 0.0566. The summed E-state index contributed by atoms with van der Waals surface area (Å²) in [4.78, 5) is 14.0. The van der Waals surface area contributed by atoms with E-state index >= 15 is 0 Å². The number of hydrogen-bond donors (Lipinski definition) is 2. The van der Waals surface area contributed by atoms with Crippen LogP contribution in [0.4, 0.5) is 4.79 Å². The van der Waals surface area contributed by atoms with Gasteiger partial charge in [0.2, 0.25) is 0 Å². The Kier molecular flexibility index (Phi) is 4.23. The van der Waals surface area contributed by atoms with Gasteiger partial charge in [-0.1, -0.05) is 0 Å². The summed E-state index contributed by atoms with van der Waals surface area (Å²) in [6.45, 7) is 5.78. The third-order valence-corrected chi connectivity index (χ3v) is 4.82. The third kappa shape index (κ3) is 3.20. The standard InChI is InChI=1S/C14H25N3O2/c18-14-16-13(12-3-7-19-8-4-12)10-17(14)6-2-11-1-5-15-9-11/h11-13,15H,1-10H2,(H,16,18). The quantitative estimate of drug-likeness (QED) is 0.792. The fraction of sp³-hybridized carbons (Fsp3) is 0.929. The van der Waals surface area contributed by atoms with Crippen LogP contribution in [0.25, 0.3) is 0 Å². The molecule has 19 heavy (non-hydrogen) atoms. The summed E-state index contributed by atoms with van der Waals surface area (Å²) >= 11 is 0. The van der Waals surface area contributed by atoms with Crippen molar-refractivity contribution in [2.75, 3.05) is 39.4 Å². The van der Waals surface area contributed by atoms with E-state index in [1.165, 1.54) is 6.42 Å². The molecule has 0 bridgehead atoms. The molecular weight excluding hydrogens is 242 g/mol. The zero-order valence-corrected chi connectivity index (χ0v) is 11.6. The number of amides is 2. The Balaban J connectivity index is 1.45. The Hall–Kier alpha value is -0.810. The summed E-state index contributed by atoms with van der Waals surface area (Å²) in [5, 5.41) is 6.55. The molecule has 3 saturated heterocycles. The summed E-state index contributed by atoms with van der Waals surface area (Å²) in [5.74, 6) is 1.37. The Bertz CT molecular complexity index is 312. The summed E-state index contributed by atoms with van der Waals surface area (Å²) in [6, 6.07) is 0.487. The lowest BCUT2D eigenvalue weighted by atomic mass is 9.92. The Morgan fingerprint density at radius 3 is 2.84 bits per heavy atom. The van der Waals surface area contributed by atoms with Crippen LogP contribution in [0.5, 0.6) is 0 Å². The van der Waals surface area contributed by atoms with Gasteiger partial charge >= 0.3 is 6.03 Å². The molecule has 2 atom stereocenters. The molecule has 2 unspecified atom stereocenters. The Morgan fingerprint density at radius 1 is 1.26 bits per heavy atom. The fourth-order valence-electron chi connectivity index (χ4n) is 3.49. The second-order valence-corrected chi connectivity index (χ2v) is 6.10. The molecule has 108 valence electrons. The maximum atomic E-state index is 12.0. The van der Waals surface area contributed by atoms with Crippen molar-refractivity contribution >= 4 is 6.03 Å². The first-order valence-electron chi connectivity index (χ1n) is 7.67. The highest BCUT2D eigenvalue weighted by atomic mass is 16.5. The molecule has 5 nitrogen and oxygen atoms in total. The summed E-state index contributed by atoms with van der Waals surface area (Å²) in [5.41, 5.74) is 0. The molecule has 3 aliphatic heterocycles. The molecule has 5 heteroatoms. The van der Waals surface area contributed by atoms with Crippen molar-refractivity contribution < 1.29 is 9.53 Å².